The Hall–Kier alpha value is -2.95. The van der Waals surface area contributed by atoms with Crippen LogP contribution < -0.4 is 10.1 Å². The molecule has 0 saturated heterocycles. The first-order valence-electron chi connectivity index (χ1n) is 12.2. The molecule has 194 valence electrons. The zero-order valence-corrected chi connectivity index (χ0v) is 21.6. The number of anilines is 1. The normalized spacial score (nSPS) is 21.2. The van der Waals surface area contributed by atoms with E-state index >= 15 is 0 Å². The number of aliphatic hydroxyl groups excluding tert-OH is 1. The van der Waals surface area contributed by atoms with Crippen molar-refractivity contribution in [2.45, 2.75) is 43.7 Å². The number of sulfonamides is 1. The molecular weight excluding hydrogens is 482 g/mol. The van der Waals surface area contributed by atoms with Crippen molar-refractivity contribution < 1.29 is 27.9 Å². The number of nitrogens with one attached hydrogen (secondary N) is 1. The van der Waals surface area contributed by atoms with E-state index in [1.807, 2.05) is 6.92 Å². The molecule has 0 bridgehead atoms. The maximum Gasteiger partial charge on any atom is 0.258 e. The monoisotopic (exact) mass is 515 g/mol. The molecule has 3 atom stereocenters. The van der Waals surface area contributed by atoms with Gasteiger partial charge >= 0.3 is 0 Å². The SMILES string of the molecule is C[C@H](CO)N1C[C@H](C)[C@H](CN(C)S(=O)(=O)c2ccccc2)Oc2c(NC(=O)C3CC3)cccc2C1=O. The first-order valence-corrected chi connectivity index (χ1v) is 13.6. The maximum absolute atomic E-state index is 13.5. The highest BCUT2D eigenvalue weighted by atomic mass is 32.2. The molecule has 1 saturated carbocycles. The van der Waals surface area contributed by atoms with E-state index in [2.05, 4.69) is 5.32 Å². The van der Waals surface area contributed by atoms with Gasteiger partial charge in [-0.1, -0.05) is 31.2 Å². The van der Waals surface area contributed by atoms with Gasteiger partial charge in [-0.2, -0.15) is 4.31 Å². The average Bonchev–Trinajstić information content (AvgIpc) is 3.72. The first kappa shape index (κ1) is 26.1. The summed E-state index contributed by atoms with van der Waals surface area (Å²) in [7, 11) is -2.28. The van der Waals surface area contributed by atoms with Crippen LogP contribution in [0.3, 0.4) is 0 Å². The van der Waals surface area contributed by atoms with Gasteiger partial charge in [-0.3, -0.25) is 9.59 Å². The minimum absolute atomic E-state index is 0.0261. The van der Waals surface area contributed by atoms with Crippen LogP contribution in [0.25, 0.3) is 0 Å². The maximum atomic E-state index is 13.5. The predicted octanol–water partition coefficient (Wildman–Crippen LogP) is 2.58. The Kier molecular flexibility index (Phi) is 7.67. The fraction of sp³-hybridized carbons (Fsp3) is 0.462. The number of nitrogens with zero attached hydrogens (tertiary/aromatic N) is 2. The molecule has 4 rings (SSSR count). The molecule has 0 radical (unpaired) electrons. The van der Waals surface area contributed by atoms with E-state index in [0.29, 0.717) is 5.69 Å². The summed E-state index contributed by atoms with van der Waals surface area (Å²) in [5.74, 6) is -0.557. The first-order chi connectivity index (χ1) is 17.1. The van der Waals surface area contributed by atoms with Gasteiger partial charge in [-0.05, 0) is 44.0 Å². The zero-order valence-electron chi connectivity index (χ0n) is 20.8. The van der Waals surface area contributed by atoms with Crippen LogP contribution in [0.1, 0.15) is 37.0 Å². The second-order valence-electron chi connectivity index (χ2n) is 9.67. The molecule has 1 fully saturated rings. The van der Waals surface area contributed by atoms with Gasteiger partial charge in [0.15, 0.2) is 5.75 Å². The average molecular weight is 516 g/mol. The largest absolute Gasteiger partial charge is 0.486 e. The zero-order chi connectivity index (χ0) is 26.0. The molecule has 2 aromatic carbocycles. The Labute approximate surface area is 212 Å². The van der Waals surface area contributed by atoms with Crippen LogP contribution >= 0.6 is 0 Å². The number of amides is 2. The van der Waals surface area contributed by atoms with Crippen LogP contribution in [0.5, 0.6) is 5.75 Å². The Morgan fingerprint density at radius 2 is 1.89 bits per heavy atom. The molecule has 2 aliphatic rings. The summed E-state index contributed by atoms with van der Waals surface area (Å²) in [6.07, 6.45) is 1.02. The summed E-state index contributed by atoms with van der Waals surface area (Å²) >= 11 is 0. The molecule has 2 aromatic rings. The van der Waals surface area contributed by atoms with Gasteiger partial charge in [0.1, 0.15) is 6.10 Å². The fourth-order valence-electron chi connectivity index (χ4n) is 4.26. The minimum Gasteiger partial charge on any atom is -0.486 e. The summed E-state index contributed by atoms with van der Waals surface area (Å²) < 4.78 is 34.0. The Balaban J connectivity index is 1.71. The van der Waals surface area contributed by atoms with Crippen molar-refractivity contribution in [2.24, 2.45) is 11.8 Å². The van der Waals surface area contributed by atoms with Crippen LogP contribution in [0.4, 0.5) is 5.69 Å². The summed E-state index contributed by atoms with van der Waals surface area (Å²) in [5, 5.41) is 12.7. The molecule has 1 heterocycles. The van der Waals surface area contributed by atoms with Crippen molar-refractivity contribution in [1.29, 1.82) is 0 Å². The molecule has 10 heteroatoms. The van der Waals surface area contributed by atoms with E-state index in [1.54, 1.807) is 60.4 Å². The summed E-state index contributed by atoms with van der Waals surface area (Å²) in [5.41, 5.74) is 0.636. The van der Waals surface area contributed by atoms with Gasteiger partial charge in [0.25, 0.3) is 5.91 Å². The molecule has 36 heavy (non-hydrogen) atoms. The van der Waals surface area contributed by atoms with Gasteiger partial charge in [0.05, 0.1) is 35.3 Å². The standard InChI is InChI=1S/C26H33N3O6S/c1-17-14-29(18(2)16-30)26(32)21-10-7-11-22(27-25(31)19-12-13-19)24(21)35-23(17)15-28(3)36(33,34)20-8-5-4-6-9-20/h4-11,17-19,23,30H,12-16H2,1-3H3,(H,27,31)/t17-,18+,23-/m0/s1. The van der Waals surface area contributed by atoms with Crippen LogP contribution in [0.15, 0.2) is 53.4 Å². The lowest BCUT2D eigenvalue weighted by atomic mass is 9.99. The van der Waals surface area contributed by atoms with Gasteiger partial charge < -0.3 is 20.1 Å². The third-order valence-electron chi connectivity index (χ3n) is 6.79. The third-order valence-corrected chi connectivity index (χ3v) is 8.62. The van der Waals surface area contributed by atoms with Crippen LogP contribution in [-0.2, 0) is 14.8 Å². The number of aliphatic hydroxyl groups is 1. The molecule has 0 spiro atoms. The van der Waals surface area contributed by atoms with E-state index in [-0.39, 0.29) is 59.6 Å². The van der Waals surface area contributed by atoms with E-state index in [9.17, 15) is 23.1 Å². The fourth-order valence-corrected chi connectivity index (χ4v) is 5.47. The smallest absolute Gasteiger partial charge is 0.258 e. The van der Waals surface area contributed by atoms with Crippen LogP contribution in [-0.4, -0.2) is 73.4 Å². The highest BCUT2D eigenvalue weighted by molar-refractivity contribution is 7.89. The second kappa shape index (κ2) is 10.6. The summed E-state index contributed by atoms with van der Waals surface area (Å²) in [6.45, 7) is 3.71. The second-order valence-corrected chi connectivity index (χ2v) is 11.7. The Bertz CT molecular complexity index is 1220. The number of carbonyl (C=O) groups is 2. The predicted molar refractivity (Wildman–Crippen MR) is 135 cm³/mol. The number of para-hydroxylation sites is 1. The number of carbonyl (C=O) groups excluding carboxylic acids is 2. The lowest BCUT2D eigenvalue weighted by molar-refractivity contribution is -0.117. The number of hydrogen-bond acceptors (Lipinski definition) is 6. The number of hydrogen-bond donors (Lipinski definition) is 2. The number of rotatable bonds is 8. The number of fused-ring (bicyclic) bond motifs is 1. The van der Waals surface area contributed by atoms with Gasteiger partial charge in [0, 0.05) is 25.4 Å². The molecule has 0 unspecified atom stereocenters. The highest BCUT2D eigenvalue weighted by Crippen LogP contribution is 2.37. The lowest BCUT2D eigenvalue weighted by Gasteiger charge is -2.38. The minimum atomic E-state index is -3.77. The number of ether oxygens (including phenoxy) is 1. The molecular formula is C26H33N3O6S. The van der Waals surface area contributed by atoms with Crippen molar-refractivity contribution in [3.8, 4) is 5.75 Å². The molecule has 1 aliphatic carbocycles. The van der Waals surface area contributed by atoms with Crippen molar-refractivity contribution >= 4 is 27.5 Å². The Morgan fingerprint density at radius 3 is 2.53 bits per heavy atom. The van der Waals surface area contributed by atoms with Gasteiger partial charge in [-0.25, -0.2) is 8.42 Å². The summed E-state index contributed by atoms with van der Waals surface area (Å²) in [4.78, 5) is 27.8. The molecule has 1 aliphatic heterocycles. The highest BCUT2D eigenvalue weighted by Gasteiger charge is 2.37. The van der Waals surface area contributed by atoms with E-state index in [4.69, 9.17) is 4.74 Å². The topological polar surface area (TPSA) is 116 Å². The van der Waals surface area contributed by atoms with Crippen molar-refractivity contribution in [3.63, 3.8) is 0 Å². The van der Waals surface area contributed by atoms with Crippen LogP contribution in [0.2, 0.25) is 0 Å². The molecule has 0 aromatic heterocycles. The molecule has 2 amide bonds. The number of benzene rings is 2. The van der Waals surface area contributed by atoms with Crippen molar-refractivity contribution in [1.82, 2.24) is 9.21 Å². The van der Waals surface area contributed by atoms with Crippen LogP contribution in [0, 0.1) is 11.8 Å². The number of likely N-dealkylation sites (N-methyl/N-ethyl adjacent to an activating group) is 1. The third kappa shape index (κ3) is 5.40. The lowest BCUT2D eigenvalue weighted by Crippen LogP contribution is -2.50. The van der Waals surface area contributed by atoms with E-state index < -0.39 is 22.2 Å². The molecule has 9 nitrogen and oxygen atoms in total. The van der Waals surface area contributed by atoms with Crippen molar-refractivity contribution in [3.05, 3.63) is 54.1 Å². The van der Waals surface area contributed by atoms with Gasteiger partial charge in [-0.15, -0.1) is 0 Å². The van der Waals surface area contributed by atoms with E-state index in [1.165, 1.54) is 11.4 Å². The quantitative estimate of drug-likeness (QED) is 0.558. The molecule has 2 N–H and O–H groups in total. The Morgan fingerprint density at radius 1 is 1.19 bits per heavy atom. The summed E-state index contributed by atoms with van der Waals surface area (Å²) in [6, 6.07) is 12.7. The van der Waals surface area contributed by atoms with Gasteiger partial charge in [0.2, 0.25) is 15.9 Å². The van der Waals surface area contributed by atoms with Crippen molar-refractivity contribution in [2.75, 3.05) is 32.1 Å². The van der Waals surface area contributed by atoms with E-state index in [0.717, 1.165) is 12.8 Å².